The van der Waals surface area contributed by atoms with Crippen LogP contribution in [0.3, 0.4) is 0 Å². The summed E-state index contributed by atoms with van der Waals surface area (Å²) in [6.07, 6.45) is 2.04. The molecule has 0 spiro atoms. The van der Waals surface area contributed by atoms with Crippen molar-refractivity contribution in [1.82, 2.24) is 9.55 Å². The van der Waals surface area contributed by atoms with Crippen LogP contribution in [0.1, 0.15) is 24.2 Å². The Bertz CT molecular complexity index is 1200. The number of fused-ring (bicyclic) bond motifs is 2. The van der Waals surface area contributed by atoms with Crippen LogP contribution in [0.15, 0.2) is 65.6 Å². The Morgan fingerprint density at radius 1 is 1.07 bits per heavy atom. The molecule has 0 aliphatic rings. The lowest BCUT2D eigenvalue weighted by molar-refractivity contribution is 0.102. The number of hydrogen-bond donors (Lipinski definition) is 2. The summed E-state index contributed by atoms with van der Waals surface area (Å²) in [5, 5.41) is 4.69. The average Bonchev–Trinajstić information content (AvgIpc) is 3.04. The van der Waals surface area contributed by atoms with Crippen molar-refractivity contribution in [1.29, 1.82) is 0 Å². The fourth-order valence-corrected chi connectivity index (χ4v) is 3.47. The zero-order valence-corrected chi connectivity index (χ0v) is 15.3. The van der Waals surface area contributed by atoms with E-state index in [0.29, 0.717) is 17.0 Å². The number of nitrogens with one attached hydrogen (secondary N) is 2. The normalized spacial score (nSPS) is 11.4. The van der Waals surface area contributed by atoms with E-state index in [0.717, 1.165) is 28.5 Å². The summed E-state index contributed by atoms with van der Waals surface area (Å²) in [5.41, 5.74) is 2.55. The molecule has 2 heterocycles. The molecular weight excluding hydrogens is 338 g/mol. The molecule has 5 heteroatoms. The summed E-state index contributed by atoms with van der Waals surface area (Å²) in [6.45, 7) is 5.27. The number of benzene rings is 2. The molecule has 0 saturated carbocycles. The number of carbonyl (C=O) groups is 1. The number of H-pyrrole nitrogens is 1. The Labute approximate surface area is 156 Å². The monoisotopic (exact) mass is 359 g/mol. The lowest BCUT2D eigenvalue weighted by atomic mass is 10.1. The highest BCUT2D eigenvalue weighted by molar-refractivity contribution is 6.14. The molecular formula is C22H21N3O2. The van der Waals surface area contributed by atoms with Crippen molar-refractivity contribution in [2.45, 2.75) is 20.4 Å². The predicted molar refractivity (Wildman–Crippen MR) is 109 cm³/mol. The molecule has 4 aromatic rings. The maximum atomic E-state index is 12.9. The van der Waals surface area contributed by atoms with Crippen molar-refractivity contribution in [3.05, 3.63) is 76.7 Å². The first-order valence-corrected chi connectivity index (χ1v) is 9.04. The topological polar surface area (TPSA) is 66.9 Å². The first-order chi connectivity index (χ1) is 13.0. The Balaban J connectivity index is 1.74. The number of aromatic nitrogens is 2. The summed E-state index contributed by atoms with van der Waals surface area (Å²) in [5.74, 6) is 0.239. The third-order valence-electron chi connectivity index (χ3n) is 4.62. The van der Waals surface area contributed by atoms with E-state index in [2.05, 4.69) is 34.8 Å². The first kappa shape index (κ1) is 17.1. The molecule has 1 amide bonds. The van der Waals surface area contributed by atoms with E-state index in [9.17, 15) is 9.59 Å². The Kier molecular flexibility index (Phi) is 4.28. The summed E-state index contributed by atoms with van der Waals surface area (Å²) >= 11 is 0. The van der Waals surface area contributed by atoms with Gasteiger partial charge in [0.2, 0.25) is 5.56 Å². The molecule has 5 nitrogen and oxygen atoms in total. The number of hydrogen-bond acceptors (Lipinski definition) is 2. The second-order valence-corrected chi connectivity index (χ2v) is 7.15. The minimum Gasteiger partial charge on any atom is -0.347 e. The summed E-state index contributed by atoms with van der Waals surface area (Å²) in [4.78, 5) is 27.6. The third-order valence-corrected chi connectivity index (χ3v) is 4.62. The van der Waals surface area contributed by atoms with Gasteiger partial charge < -0.3 is 14.9 Å². The fraction of sp³-hybridized carbons (Fsp3) is 0.182. The Morgan fingerprint density at radius 3 is 2.70 bits per heavy atom. The molecule has 4 rings (SSSR count). The zero-order valence-electron chi connectivity index (χ0n) is 15.3. The molecule has 136 valence electrons. The largest absolute Gasteiger partial charge is 0.347 e. The SMILES string of the molecule is CC(C)Cn1ccc2c(NC(=O)c3cc(=O)[nH]c4ccccc34)cccc21. The van der Waals surface area contributed by atoms with E-state index in [4.69, 9.17) is 0 Å². The number of carbonyl (C=O) groups excluding carboxylic acids is 1. The molecule has 0 radical (unpaired) electrons. The van der Waals surface area contributed by atoms with Gasteiger partial charge in [0, 0.05) is 35.1 Å². The van der Waals surface area contributed by atoms with Gasteiger partial charge in [0.25, 0.3) is 5.91 Å². The molecule has 2 aromatic heterocycles. The van der Waals surface area contributed by atoms with Crippen LogP contribution in [0.5, 0.6) is 0 Å². The maximum absolute atomic E-state index is 12.9. The predicted octanol–water partition coefficient (Wildman–Crippen LogP) is 4.39. The van der Waals surface area contributed by atoms with Crippen molar-refractivity contribution < 1.29 is 4.79 Å². The molecule has 2 aromatic carbocycles. The Morgan fingerprint density at radius 2 is 1.89 bits per heavy atom. The molecule has 0 aliphatic heterocycles. The van der Waals surface area contributed by atoms with Gasteiger partial charge in [0.05, 0.1) is 16.8 Å². The number of anilines is 1. The highest BCUT2D eigenvalue weighted by atomic mass is 16.2. The van der Waals surface area contributed by atoms with Crippen molar-refractivity contribution >= 4 is 33.4 Å². The fourth-order valence-electron chi connectivity index (χ4n) is 3.47. The minimum absolute atomic E-state index is 0.290. The van der Waals surface area contributed by atoms with Crippen LogP contribution in [0.25, 0.3) is 21.8 Å². The van der Waals surface area contributed by atoms with Crippen LogP contribution >= 0.6 is 0 Å². The van der Waals surface area contributed by atoms with Crippen LogP contribution in [0.2, 0.25) is 0 Å². The molecule has 0 bridgehead atoms. The third kappa shape index (κ3) is 3.24. The highest BCUT2D eigenvalue weighted by Crippen LogP contribution is 2.26. The van der Waals surface area contributed by atoms with Crippen molar-refractivity contribution in [2.75, 3.05) is 5.32 Å². The summed E-state index contributed by atoms with van der Waals surface area (Å²) in [7, 11) is 0. The number of aromatic amines is 1. The van der Waals surface area contributed by atoms with Gasteiger partial charge in [-0.25, -0.2) is 0 Å². The van der Waals surface area contributed by atoms with Gasteiger partial charge in [-0.3, -0.25) is 9.59 Å². The lowest BCUT2D eigenvalue weighted by Gasteiger charge is -2.11. The minimum atomic E-state index is -0.292. The number of pyridine rings is 1. The number of para-hydroxylation sites is 1. The van der Waals surface area contributed by atoms with Crippen molar-refractivity contribution in [2.24, 2.45) is 5.92 Å². The van der Waals surface area contributed by atoms with Gasteiger partial charge in [-0.15, -0.1) is 0 Å². The van der Waals surface area contributed by atoms with E-state index in [1.807, 2.05) is 42.6 Å². The van der Waals surface area contributed by atoms with Gasteiger partial charge in [0.1, 0.15) is 0 Å². The van der Waals surface area contributed by atoms with Crippen LogP contribution in [0, 0.1) is 5.92 Å². The van der Waals surface area contributed by atoms with Crippen LogP contribution in [0.4, 0.5) is 5.69 Å². The second kappa shape index (κ2) is 6.76. The van der Waals surface area contributed by atoms with E-state index in [-0.39, 0.29) is 11.5 Å². The molecule has 0 fully saturated rings. The standard InChI is InChI=1S/C22H21N3O2/c1-14(2)13-25-11-10-16-19(8-5-9-20(16)25)24-22(27)17-12-21(26)23-18-7-4-3-6-15(17)18/h3-12,14H,13H2,1-2H3,(H,23,26)(H,24,27). The lowest BCUT2D eigenvalue weighted by Crippen LogP contribution is -2.17. The molecule has 2 N–H and O–H groups in total. The number of nitrogens with zero attached hydrogens (tertiary/aromatic N) is 1. The van der Waals surface area contributed by atoms with Gasteiger partial charge in [-0.05, 0) is 30.2 Å². The molecule has 0 saturated heterocycles. The molecule has 0 unspecified atom stereocenters. The Hall–Kier alpha value is -3.34. The van der Waals surface area contributed by atoms with Crippen molar-refractivity contribution in [3.8, 4) is 0 Å². The molecule has 27 heavy (non-hydrogen) atoms. The van der Waals surface area contributed by atoms with E-state index >= 15 is 0 Å². The number of amides is 1. The average molecular weight is 359 g/mol. The van der Waals surface area contributed by atoms with Gasteiger partial charge in [-0.2, -0.15) is 0 Å². The zero-order chi connectivity index (χ0) is 19.0. The van der Waals surface area contributed by atoms with Gasteiger partial charge >= 0.3 is 0 Å². The summed E-state index contributed by atoms with van der Waals surface area (Å²) < 4.78 is 2.19. The number of rotatable bonds is 4. The van der Waals surface area contributed by atoms with Gasteiger partial charge in [0.15, 0.2) is 0 Å². The summed E-state index contributed by atoms with van der Waals surface area (Å²) in [6, 6.07) is 16.5. The first-order valence-electron chi connectivity index (χ1n) is 9.04. The maximum Gasteiger partial charge on any atom is 0.256 e. The highest BCUT2D eigenvalue weighted by Gasteiger charge is 2.14. The van der Waals surface area contributed by atoms with Crippen LogP contribution in [-0.4, -0.2) is 15.5 Å². The second-order valence-electron chi connectivity index (χ2n) is 7.15. The van der Waals surface area contributed by atoms with E-state index < -0.39 is 0 Å². The van der Waals surface area contributed by atoms with E-state index in [1.54, 1.807) is 6.07 Å². The van der Waals surface area contributed by atoms with Crippen molar-refractivity contribution in [3.63, 3.8) is 0 Å². The smallest absolute Gasteiger partial charge is 0.256 e. The van der Waals surface area contributed by atoms with Gasteiger partial charge in [-0.1, -0.05) is 38.1 Å². The van der Waals surface area contributed by atoms with Crippen LogP contribution < -0.4 is 10.9 Å². The molecule has 0 aliphatic carbocycles. The van der Waals surface area contributed by atoms with E-state index in [1.165, 1.54) is 6.07 Å². The van der Waals surface area contributed by atoms with Crippen LogP contribution in [-0.2, 0) is 6.54 Å². The quantitative estimate of drug-likeness (QED) is 0.567. The molecule has 0 atom stereocenters.